The number of phenols is 1. The molecule has 0 heterocycles. The highest BCUT2D eigenvalue weighted by atomic mass is 16.5. The summed E-state index contributed by atoms with van der Waals surface area (Å²) >= 11 is 0. The Balaban J connectivity index is 1.88. The second-order valence-electron chi connectivity index (χ2n) is 9.88. The summed E-state index contributed by atoms with van der Waals surface area (Å²) in [5.41, 5.74) is 3.14. The maximum atomic E-state index is 13.2. The van der Waals surface area contributed by atoms with Crippen LogP contribution in [0.15, 0.2) is 36.4 Å². The van der Waals surface area contributed by atoms with Crippen molar-refractivity contribution >= 4 is 28.9 Å². The van der Waals surface area contributed by atoms with E-state index in [1.54, 1.807) is 18.2 Å². The van der Waals surface area contributed by atoms with Crippen molar-refractivity contribution in [2.45, 2.75) is 39.0 Å². The van der Waals surface area contributed by atoms with Crippen LogP contribution in [0.3, 0.4) is 0 Å². The number of hydrogen-bond acceptors (Lipinski definition) is 8. The van der Waals surface area contributed by atoms with E-state index in [-0.39, 0.29) is 73.0 Å². The first kappa shape index (κ1) is 29.2. The minimum absolute atomic E-state index is 0.0640. The number of aliphatic hydroxyl groups is 2. The van der Waals surface area contributed by atoms with Crippen LogP contribution in [0.2, 0.25) is 0 Å². The second-order valence-corrected chi connectivity index (χ2v) is 9.88. The molecule has 0 radical (unpaired) electrons. The van der Waals surface area contributed by atoms with Crippen molar-refractivity contribution in [2.24, 2.45) is 17.8 Å². The number of benzene rings is 2. The molecule has 2 aromatic rings. The van der Waals surface area contributed by atoms with Crippen LogP contribution in [-0.2, 0) is 25.5 Å². The molecular formula is C29H35NO8. The van der Waals surface area contributed by atoms with Crippen molar-refractivity contribution in [2.75, 3.05) is 32.2 Å². The lowest BCUT2D eigenvalue weighted by Crippen LogP contribution is -2.32. The average molecular weight is 526 g/mol. The molecule has 2 aromatic carbocycles. The number of ether oxygens (including phenoxy) is 1. The van der Waals surface area contributed by atoms with Crippen LogP contribution < -0.4 is 5.32 Å². The number of amides is 1. The molecular weight excluding hydrogens is 490 g/mol. The zero-order valence-corrected chi connectivity index (χ0v) is 21.7. The maximum absolute atomic E-state index is 13.2. The molecule has 4 N–H and O–H groups in total. The highest BCUT2D eigenvalue weighted by Crippen LogP contribution is 2.41. The lowest BCUT2D eigenvalue weighted by molar-refractivity contribution is -0.131. The number of nitrogens with one attached hydrogen (secondary N) is 1. The Morgan fingerprint density at radius 3 is 2.39 bits per heavy atom. The molecule has 0 fully saturated rings. The van der Waals surface area contributed by atoms with E-state index >= 15 is 0 Å². The molecule has 3 rings (SSSR count). The molecule has 0 spiro atoms. The van der Waals surface area contributed by atoms with Crippen molar-refractivity contribution in [3.8, 4) is 16.9 Å². The number of hydrogen-bond donors (Lipinski definition) is 4. The van der Waals surface area contributed by atoms with E-state index in [0.717, 1.165) is 11.1 Å². The van der Waals surface area contributed by atoms with Crippen LogP contribution in [0.1, 0.15) is 48.5 Å². The van der Waals surface area contributed by atoms with Crippen LogP contribution >= 0.6 is 0 Å². The summed E-state index contributed by atoms with van der Waals surface area (Å²) in [6.45, 7) is 0.627. The second kappa shape index (κ2) is 13.4. The molecule has 0 saturated heterocycles. The molecule has 9 heteroatoms. The van der Waals surface area contributed by atoms with Crippen LogP contribution in [0.25, 0.3) is 11.1 Å². The Morgan fingerprint density at radius 1 is 1.08 bits per heavy atom. The van der Waals surface area contributed by atoms with Gasteiger partial charge in [0.05, 0.1) is 18.6 Å². The summed E-state index contributed by atoms with van der Waals surface area (Å²) < 4.78 is 4.83. The summed E-state index contributed by atoms with van der Waals surface area (Å²) in [5.74, 6) is -2.61. The van der Waals surface area contributed by atoms with E-state index < -0.39 is 18.4 Å². The van der Waals surface area contributed by atoms with Gasteiger partial charge >= 0.3 is 0 Å². The van der Waals surface area contributed by atoms with Gasteiger partial charge in [0.25, 0.3) is 0 Å². The molecule has 204 valence electrons. The molecule has 0 bridgehead atoms. The number of Topliss-reactive ketones (excluding diaryl/α,β-unsaturated/α-hetero) is 3. The molecule has 1 amide bonds. The fourth-order valence-electron chi connectivity index (χ4n) is 5.35. The largest absolute Gasteiger partial charge is 0.507 e. The van der Waals surface area contributed by atoms with E-state index in [1.165, 1.54) is 20.1 Å². The van der Waals surface area contributed by atoms with Crippen molar-refractivity contribution in [1.82, 2.24) is 0 Å². The monoisotopic (exact) mass is 525 g/mol. The Hall–Kier alpha value is -3.40. The fourth-order valence-corrected chi connectivity index (χ4v) is 5.35. The fraction of sp³-hybridized carbons (Fsp3) is 0.448. The summed E-state index contributed by atoms with van der Waals surface area (Å²) in [6, 6.07) is 10.4. The summed E-state index contributed by atoms with van der Waals surface area (Å²) in [7, 11) is 1.44. The lowest BCUT2D eigenvalue weighted by Gasteiger charge is -2.31. The van der Waals surface area contributed by atoms with Gasteiger partial charge in [-0.15, -0.1) is 0 Å². The Labute approximate surface area is 221 Å². The van der Waals surface area contributed by atoms with Gasteiger partial charge in [0.2, 0.25) is 5.91 Å². The third-order valence-corrected chi connectivity index (χ3v) is 7.03. The number of methoxy groups -OCH3 is 1. The number of carbonyl (C=O) groups excluding carboxylic acids is 4. The highest BCUT2D eigenvalue weighted by Gasteiger charge is 2.35. The normalized spacial score (nSPS) is 16.4. The number of carbonyl (C=O) groups is 4. The zero-order chi connectivity index (χ0) is 27.8. The van der Waals surface area contributed by atoms with Crippen LogP contribution in [0, 0.1) is 17.8 Å². The Bertz CT molecular complexity index is 1170. The molecule has 3 atom stereocenters. The third kappa shape index (κ3) is 7.12. The number of phenolic OH excluding ortho intramolecular Hbond substituents is 1. The van der Waals surface area contributed by atoms with Gasteiger partial charge in [0, 0.05) is 31.7 Å². The van der Waals surface area contributed by atoms with Gasteiger partial charge in [-0.1, -0.05) is 18.2 Å². The quantitative estimate of drug-likeness (QED) is 0.292. The summed E-state index contributed by atoms with van der Waals surface area (Å²) in [5, 5.41) is 32.8. The number of ketones is 3. The van der Waals surface area contributed by atoms with Gasteiger partial charge in [0.1, 0.15) is 23.9 Å². The van der Waals surface area contributed by atoms with Crippen molar-refractivity contribution in [1.29, 1.82) is 0 Å². The number of aliphatic hydroxyl groups excluding tert-OH is 2. The van der Waals surface area contributed by atoms with Gasteiger partial charge < -0.3 is 25.4 Å². The van der Waals surface area contributed by atoms with E-state index in [1.807, 2.05) is 12.1 Å². The van der Waals surface area contributed by atoms with E-state index in [9.17, 15) is 34.5 Å². The molecule has 0 saturated carbocycles. The number of anilines is 1. The summed E-state index contributed by atoms with van der Waals surface area (Å²) in [6.07, 6.45) is 1.00. The zero-order valence-electron chi connectivity index (χ0n) is 21.7. The van der Waals surface area contributed by atoms with Crippen molar-refractivity contribution in [3.63, 3.8) is 0 Å². The predicted octanol–water partition coefficient (Wildman–Crippen LogP) is 2.93. The third-order valence-electron chi connectivity index (χ3n) is 7.03. The minimum Gasteiger partial charge on any atom is -0.507 e. The first-order valence-corrected chi connectivity index (χ1v) is 12.7. The van der Waals surface area contributed by atoms with Gasteiger partial charge in [-0.2, -0.15) is 0 Å². The number of rotatable bonds is 13. The average Bonchev–Trinajstić information content (AvgIpc) is 2.85. The molecule has 0 aliphatic heterocycles. The van der Waals surface area contributed by atoms with Gasteiger partial charge in [-0.3, -0.25) is 19.2 Å². The Morgan fingerprint density at radius 2 is 1.79 bits per heavy atom. The van der Waals surface area contributed by atoms with Crippen molar-refractivity contribution < 1.29 is 39.2 Å². The summed E-state index contributed by atoms with van der Waals surface area (Å²) in [4.78, 5) is 49.1. The minimum atomic E-state index is -0.799. The molecule has 9 nitrogen and oxygen atoms in total. The Kier molecular flexibility index (Phi) is 10.3. The first-order valence-electron chi connectivity index (χ1n) is 12.7. The highest BCUT2D eigenvalue weighted by molar-refractivity contribution is 6.03. The van der Waals surface area contributed by atoms with E-state index in [2.05, 4.69) is 5.32 Å². The SMILES string of the molecule is COCC(=O)Nc1ccc(-c2ccc(O)c3c2CC(CC(CCO)C(CO)C(=O)CC(C)=O)CC3=O)cc1. The van der Waals surface area contributed by atoms with E-state index in [4.69, 9.17) is 4.74 Å². The van der Waals surface area contributed by atoms with Gasteiger partial charge in [0.15, 0.2) is 5.78 Å². The topological polar surface area (TPSA) is 150 Å². The number of fused-ring (bicyclic) bond motifs is 1. The lowest BCUT2D eigenvalue weighted by atomic mass is 9.72. The van der Waals surface area contributed by atoms with Crippen LogP contribution in [0.5, 0.6) is 5.75 Å². The van der Waals surface area contributed by atoms with Gasteiger partial charge in [-0.25, -0.2) is 0 Å². The molecule has 1 aliphatic rings. The molecule has 0 aromatic heterocycles. The smallest absolute Gasteiger partial charge is 0.250 e. The molecule has 1 aliphatic carbocycles. The maximum Gasteiger partial charge on any atom is 0.250 e. The molecule has 38 heavy (non-hydrogen) atoms. The van der Waals surface area contributed by atoms with Gasteiger partial charge in [-0.05, 0) is 72.9 Å². The molecule has 3 unspecified atom stereocenters. The predicted molar refractivity (Wildman–Crippen MR) is 141 cm³/mol. The van der Waals surface area contributed by atoms with Crippen LogP contribution in [-0.4, -0.2) is 65.5 Å². The number of aromatic hydroxyl groups is 1. The standard InChI is InChI=1S/C29H35NO8/c1-17(33)11-26(35)24(15-32)20(9-10-31)12-18-13-23-22(7-8-25(34)29(23)27(36)14-18)19-3-5-21(6-4-19)30-28(37)16-38-2/h3-8,18,20,24,31-32,34H,9-16H2,1-2H3,(H,30,37). The van der Waals surface area contributed by atoms with Crippen molar-refractivity contribution in [3.05, 3.63) is 47.5 Å². The van der Waals surface area contributed by atoms with Crippen LogP contribution in [0.4, 0.5) is 5.69 Å². The van der Waals surface area contributed by atoms with E-state index in [0.29, 0.717) is 24.1 Å². The first-order chi connectivity index (χ1) is 18.2.